The van der Waals surface area contributed by atoms with Crippen molar-refractivity contribution in [3.8, 4) is 0 Å². The summed E-state index contributed by atoms with van der Waals surface area (Å²) in [7, 11) is 1.58. The summed E-state index contributed by atoms with van der Waals surface area (Å²) in [6.45, 7) is 2.00. The fourth-order valence-corrected chi connectivity index (χ4v) is 1.08. The lowest BCUT2D eigenvalue weighted by Gasteiger charge is -2.09. The summed E-state index contributed by atoms with van der Waals surface area (Å²) >= 11 is 0. The van der Waals surface area contributed by atoms with Crippen molar-refractivity contribution < 1.29 is 4.79 Å². The molecule has 0 saturated heterocycles. The van der Waals surface area contributed by atoms with Gasteiger partial charge in [-0.25, -0.2) is 0 Å². The second-order valence-corrected chi connectivity index (χ2v) is 3.00. The zero-order chi connectivity index (χ0) is 9.84. The Kier molecular flexibility index (Phi) is 5.20. The van der Waals surface area contributed by atoms with Crippen molar-refractivity contribution >= 4 is 18.3 Å². The number of nitrogens with two attached hydrogens (primary N) is 1. The van der Waals surface area contributed by atoms with E-state index in [-0.39, 0.29) is 18.3 Å². The zero-order valence-corrected chi connectivity index (χ0v) is 9.10. The van der Waals surface area contributed by atoms with Crippen LogP contribution in [0.1, 0.15) is 17.2 Å². The van der Waals surface area contributed by atoms with Crippen molar-refractivity contribution in [1.82, 2.24) is 5.32 Å². The first-order valence-electron chi connectivity index (χ1n) is 4.19. The van der Waals surface area contributed by atoms with E-state index in [4.69, 9.17) is 5.73 Å². The van der Waals surface area contributed by atoms with Gasteiger partial charge in [0.25, 0.3) is 0 Å². The van der Waals surface area contributed by atoms with Crippen LogP contribution in [0.5, 0.6) is 0 Å². The predicted molar refractivity (Wildman–Crippen MR) is 59.4 cm³/mol. The van der Waals surface area contributed by atoms with Crippen LogP contribution in [-0.2, 0) is 4.79 Å². The number of halogens is 1. The molecule has 0 bridgehead atoms. The molecule has 1 amide bonds. The maximum Gasteiger partial charge on any atom is 0.241 e. The summed E-state index contributed by atoms with van der Waals surface area (Å²) in [6, 6.07) is 7.06. The lowest BCUT2D eigenvalue weighted by Crippen LogP contribution is -2.31. The maximum atomic E-state index is 11.2. The molecule has 3 nitrogen and oxygen atoms in total. The third kappa shape index (κ3) is 3.01. The van der Waals surface area contributed by atoms with Gasteiger partial charge in [-0.3, -0.25) is 4.79 Å². The molecule has 0 aliphatic rings. The third-order valence-corrected chi connectivity index (χ3v) is 1.97. The summed E-state index contributed by atoms with van der Waals surface area (Å²) in [4.78, 5) is 11.2. The predicted octanol–water partition coefficient (Wildman–Crippen LogP) is 1.16. The van der Waals surface area contributed by atoms with Crippen LogP contribution in [0.4, 0.5) is 0 Å². The maximum absolute atomic E-state index is 11.2. The molecule has 78 valence electrons. The van der Waals surface area contributed by atoms with E-state index in [9.17, 15) is 4.79 Å². The lowest BCUT2D eigenvalue weighted by molar-refractivity contribution is -0.121. The highest BCUT2D eigenvalue weighted by Gasteiger charge is 2.12. The van der Waals surface area contributed by atoms with Gasteiger partial charge in [0.15, 0.2) is 0 Å². The van der Waals surface area contributed by atoms with Gasteiger partial charge in [-0.05, 0) is 12.5 Å². The van der Waals surface area contributed by atoms with E-state index in [0.29, 0.717) is 0 Å². The van der Waals surface area contributed by atoms with E-state index in [0.717, 1.165) is 11.1 Å². The average Bonchev–Trinajstić information content (AvgIpc) is 2.17. The van der Waals surface area contributed by atoms with Crippen LogP contribution in [0, 0.1) is 6.92 Å². The summed E-state index contributed by atoms with van der Waals surface area (Å²) in [5.74, 6) is -0.163. The smallest absolute Gasteiger partial charge is 0.241 e. The molecule has 0 radical (unpaired) electrons. The fourth-order valence-electron chi connectivity index (χ4n) is 1.08. The van der Waals surface area contributed by atoms with Gasteiger partial charge >= 0.3 is 0 Å². The van der Waals surface area contributed by atoms with Crippen LogP contribution < -0.4 is 11.1 Å². The van der Waals surface area contributed by atoms with Crippen molar-refractivity contribution in [2.24, 2.45) is 5.73 Å². The number of carbonyl (C=O) groups excluding carboxylic acids is 1. The van der Waals surface area contributed by atoms with Crippen LogP contribution in [0.25, 0.3) is 0 Å². The molecule has 1 unspecified atom stereocenters. The highest BCUT2D eigenvalue weighted by molar-refractivity contribution is 5.85. The Balaban J connectivity index is 0.00000169. The highest BCUT2D eigenvalue weighted by Crippen LogP contribution is 2.10. The van der Waals surface area contributed by atoms with Gasteiger partial charge in [0.2, 0.25) is 5.91 Å². The molecule has 0 aromatic heterocycles. The first-order chi connectivity index (χ1) is 6.15. The minimum atomic E-state index is -0.564. The first-order valence-corrected chi connectivity index (χ1v) is 4.19. The normalized spacial score (nSPS) is 11.4. The van der Waals surface area contributed by atoms with Crippen LogP contribution >= 0.6 is 12.4 Å². The Morgan fingerprint density at radius 2 is 1.86 bits per heavy atom. The summed E-state index contributed by atoms with van der Waals surface area (Å²) in [5.41, 5.74) is 7.69. The van der Waals surface area contributed by atoms with Gasteiger partial charge < -0.3 is 11.1 Å². The standard InChI is InChI=1S/C10H14N2O.ClH/c1-7-3-5-8(6-4-7)9(11)10(13)12-2;/h3-6,9H,11H2,1-2H3,(H,12,13);1H. The molecule has 14 heavy (non-hydrogen) atoms. The quantitative estimate of drug-likeness (QED) is 0.777. The van der Waals surface area contributed by atoms with Crippen molar-refractivity contribution in [3.05, 3.63) is 35.4 Å². The number of amides is 1. The summed E-state index contributed by atoms with van der Waals surface area (Å²) in [6.07, 6.45) is 0. The molecule has 4 heteroatoms. The van der Waals surface area contributed by atoms with E-state index in [1.54, 1.807) is 7.05 Å². The van der Waals surface area contributed by atoms with E-state index in [1.165, 1.54) is 0 Å². The Bertz CT molecular complexity index is 297. The number of carbonyl (C=O) groups is 1. The second kappa shape index (κ2) is 5.62. The molecule has 0 aliphatic heterocycles. The molecular weight excluding hydrogens is 200 g/mol. The Morgan fingerprint density at radius 3 is 2.29 bits per heavy atom. The summed E-state index contributed by atoms with van der Waals surface area (Å²) < 4.78 is 0. The molecule has 0 spiro atoms. The number of nitrogens with one attached hydrogen (secondary N) is 1. The number of hydrogen-bond acceptors (Lipinski definition) is 2. The molecule has 0 aliphatic carbocycles. The molecule has 1 aromatic carbocycles. The van der Waals surface area contributed by atoms with Gasteiger partial charge in [0.1, 0.15) is 6.04 Å². The number of hydrogen-bond donors (Lipinski definition) is 2. The molecule has 0 saturated carbocycles. The van der Waals surface area contributed by atoms with Gasteiger partial charge in [-0.1, -0.05) is 29.8 Å². The fraction of sp³-hybridized carbons (Fsp3) is 0.300. The van der Waals surface area contributed by atoms with E-state index >= 15 is 0 Å². The number of rotatable bonds is 2. The first kappa shape index (κ1) is 12.9. The number of benzene rings is 1. The summed E-state index contributed by atoms with van der Waals surface area (Å²) in [5, 5.41) is 2.51. The molecule has 1 rings (SSSR count). The number of aryl methyl sites for hydroxylation is 1. The molecule has 1 atom stereocenters. The van der Waals surface area contributed by atoms with Crippen molar-refractivity contribution in [3.63, 3.8) is 0 Å². The van der Waals surface area contributed by atoms with Gasteiger partial charge in [0.05, 0.1) is 0 Å². The number of likely N-dealkylation sites (N-methyl/N-ethyl adjacent to an activating group) is 1. The molecule has 1 aromatic rings. The van der Waals surface area contributed by atoms with Crippen molar-refractivity contribution in [2.75, 3.05) is 7.05 Å². The monoisotopic (exact) mass is 214 g/mol. The Labute approximate surface area is 90.1 Å². The van der Waals surface area contributed by atoms with E-state index in [2.05, 4.69) is 5.32 Å². The SMILES string of the molecule is CNC(=O)C(N)c1ccc(C)cc1.Cl. The van der Waals surface area contributed by atoms with E-state index < -0.39 is 6.04 Å². The van der Waals surface area contributed by atoms with Crippen molar-refractivity contribution in [1.29, 1.82) is 0 Å². The molecular formula is C10H15ClN2O. The van der Waals surface area contributed by atoms with Crippen molar-refractivity contribution in [2.45, 2.75) is 13.0 Å². The minimum Gasteiger partial charge on any atom is -0.358 e. The van der Waals surface area contributed by atoms with Gasteiger partial charge in [-0.2, -0.15) is 0 Å². The molecule has 0 heterocycles. The van der Waals surface area contributed by atoms with Gasteiger partial charge in [-0.15, -0.1) is 12.4 Å². The highest BCUT2D eigenvalue weighted by atomic mass is 35.5. The van der Waals surface area contributed by atoms with Crippen LogP contribution in [0.2, 0.25) is 0 Å². The Hall–Kier alpha value is -1.06. The van der Waals surface area contributed by atoms with Crippen LogP contribution in [0.3, 0.4) is 0 Å². The second-order valence-electron chi connectivity index (χ2n) is 3.00. The third-order valence-electron chi connectivity index (χ3n) is 1.97. The minimum absolute atomic E-state index is 0. The average molecular weight is 215 g/mol. The largest absolute Gasteiger partial charge is 0.358 e. The molecule has 0 fully saturated rings. The van der Waals surface area contributed by atoms with E-state index in [1.807, 2.05) is 31.2 Å². The zero-order valence-electron chi connectivity index (χ0n) is 8.28. The van der Waals surface area contributed by atoms with Crippen LogP contribution in [-0.4, -0.2) is 13.0 Å². The van der Waals surface area contributed by atoms with Crippen LogP contribution in [0.15, 0.2) is 24.3 Å². The Morgan fingerprint density at radius 1 is 1.36 bits per heavy atom. The molecule has 3 N–H and O–H groups in total. The van der Waals surface area contributed by atoms with Gasteiger partial charge in [0, 0.05) is 7.05 Å². The lowest BCUT2D eigenvalue weighted by atomic mass is 10.1. The topological polar surface area (TPSA) is 55.1 Å².